The molecule has 0 saturated heterocycles. The van der Waals surface area contributed by atoms with Crippen LogP contribution in [0, 0.1) is 6.92 Å². The molecule has 2 unspecified atom stereocenters. The van der Waals surface area contributed by atoms with E-state index < -0.39 is 28.5 Å². The maximum Gasteiger partial charge on any atom is 0.264 e. The molecule has 0 heterocycles. The van der Waals surface area contributed by atoms with Gasteiger partial charge < -0.3 is 10.2 Å². The molecule has 1 N–H and O–H groups in total. The van der Waals surface area contributed by atoms with E-state index >= 15 is 0 Å². The standard InChI is InChI=1S/C35H36Cl3N3O4S/c1-4-25(3)39-35(43)33(21-26-12-7-5-8-13-26)40(22-29-30(37)16-11-17-31(29)38)34(42)23-41(32-19-18-27(36)20-24(32)2)46(44,45)28-14-9-6-10-15-28/h5-20,25,33H,4,21-23H2,1-3H3,(H,39,43). The molecule has 242 valence electrons. The van der Waals surface area contributed by atoms with Gasteiger partial charge in [0.1, 0.15) is 12.6 Å². The monoisotopic (exact) mass is 699 g/mol. The third kappa shape index (κ3) is 8.62. The summed E-state index contributed by atoms with van der Waals surface area (Å²) in [6.45, 7) is 4.81. The topological polar surface area (TPSA) is 86.8 Å². The van der Waals surface area contributed by atoms with E-state index in [9.17, 15) is 18.0 Å². The van der Waals surface area contributed by atoms with Gasteiger partial charge in [-0.1, -0.05) is 96.3 Å². The summed E-state index contributed by atoms with van der Waals surface area (Å²) in [4.78, 5) is 30.0. The Morgan fingerprint density at radius 3 is 2.04 bits per heavy atom. The molecule has 0 spiro atoms. The van der Waals surface area contributed by atoms with Crippen molar-refractivity contribution in [1.29, 1.82) is 0 Å². The van der Waals surface area contributed by atoms with E-state index in [4.69, 9.17) is 34.8 Å². The number of carbonyl (C=O) groups is 2. The lowest BCUT2D eigenvalue weighted by atomic mass is 10.0. The largest absolute Gasteiger partial charge is 0.352 e. The third-order valence-corrected chi connectivity index (χ3v) is 10.4. The van der Waals surface area contributed by atoms with Gasteiger partial charge in [-0.15, -0.1) is 0 Å². The summed E-state index contributed by atoms with van der Waals surface area (Å²) in [5.74, 6) is -1.00. The average Bonchev–Trinajstić information content (AvgIpc) is 3.03. The van der Waals surface area contributed by atoms with Crippen LogP contribution in [0.25, 0.3) is 0 Å². The molecule has 0 fully saturated rings. The molecule has 0 bridgehead atoms. The van der Waals surface area contributed by atoms with Crippen molar-refractivity contribution in [2.45, 2.75) is 57.1 Å². The number of nitrogens with one attached hydrogen (secondary N) is 1. The zero-order valence-electron chi connectivity index (χ0n) is 25.8. The third-order valence-electron chi connectivity index (χ3n) is 7.70. The van der Waals surface area contributed by atoms with Crippen LogP contribution in [0.5, 0.6) is 0 Å². The molecular weight excluding hydrogens is 665 g/mol. The fourth-order valence-corrected chi connectivity index (χ4v) is 7.22. The van der Waals surface area contributed by atoms with Crippen LogP contribution in [0.4, 0.5) is 5.69 Å². The molecule has 4 aromatic carbocycles. The number of rotatable bonds is 13. The molecule has 2 amide bonds. The minimum atomic E-state index is -4.24. The number of amides is 2. The molecule has 0 aliphatic carbocycles. The summed E-state index contributed by atoms with van der Waals surface area (Å²) in [5.41, 5.74) is 2.09. The van der Waals surface area contributed by atoms with Crippen molar-refractivity contribution in [3.05, 3.63) is 129 Å². The molecule has 0 aliphatic heterocycles. The van der Waals surface area contributed by atoms with Crippen LogP contribution in [0.15, 0.2) is 102 Å². The van der Waals surface area contributed by atoms with Crippen molar-refractivity contribution < 1.29 is 18.0 Å². The Morgan fingerprint density at radius 1 is 0.848 bits per heavy atom. The number of nitrogens with zero attached hydrogens (tertiary/aromatic N) is 2. The van der Waals surface area contributed by atoms with E-state index in [1.807, 2.05) is 44.2 Å². The lowest BCUT2D eigenvalue weighted by Gasteiger charge is -2.35. The summed E-state index contributed by atoms with van der Waals surface area (Å²) >= 11 is 19.4. The predicted octanol–water partition coefficient (Wildman–Crippen LogP) is 7.71. The smallest absolute Gasteiger partial charge is 0.264 e. The molecule has 7 nitrogen and oxygen atoms in total. The minimum Gasteiger partial charge on any atom is -0.352 e. The number of carbonyl (C=O) groups excluding carboxylic acids is 2. The average molecular weight is 701 g/mol. The van der Waals surface area contributed by atoms with E-state index in [0.717, 1.165) is 9.87 Å². The number of sulfonamides is 1. The molecule has 0 aromatic heterocycles. The highest BCUT2D eigenvalue weighted by Gasteiger charge is 2.36. The number of anilines is 1. The fraction of sp³-hybridized carbons (Fsp3) is 0.257. The number of aryl methyl sites for hydroxylation is 1. The zero-order chi connectivity index (χ0) is 33.4. The van der Waals surface area contributed by atoms with Crippen LogP contribution in [0.3, 0.4) is 0 Å². The van der Waals surface area contributed by atoms with Gasteiger partial charge in [-0.3, -0.25) is 13.9 Å². The van der Waals surface area contributed by atoms with Gasteiger partial charge in [-0.2, -0.15) is 0 Å². The molecule has 2 atom stereocenters. The maximum atomic E-state index is 14.6. The van der Waals surface area contributed by atoms with Gasteiger partial charge in [0, 0.05) is 39.6 Å². The first-order chi connectivity index (χ1) is 21.9. The van der Waals surface area contributed by atoms with Crippen LogP contribution in [-0.2, 0) is 32.6 Å². The highest BCUT2D eigenvalue weighted by Crippen LogP contribution is 2.31. The Labute approximate surface area is 286 Å². The van der Waals surface area contributed by atoms with Crippen LogP contribution >= 0.6 is 34.8 Å². The van der Waals surface area contributed by atoms with E-state index in [0.29, 0.717) is 32.6 Å². The van der Waals surface area contributed by atoms with Crippen LogP contribution in [-0.4, -0.2) is 43.8 Å². The van der Waals surface area contributed by atoms with Gasteiger partial charge in [0.15, 0.2) is 0 Å². The zero-order valence-corrected chi connectivity index (χ0v) is 28.9. The number of hydrogen-bond donors (Lipinski definition) is 1. The van der Waals surface area contributed by atoms with E-state index in [1.165, 1.54) is 17.0 Å². The minimum absolute atomic E-state index is 0.00759. The van der Waals surface area contributed by atoms with E-state index in [1.54, 1.807) is 61.5 Å². The van der Waals surface area contributed by atoms with Gasteiger partial charge >= 0.3 is 0 Å². The first-order valence-electron chi connectivity index (χ1n) is 14.8. The molecule has 4 rings (SSSR count). The molecule has 4 aromatic rings. The van der Waals surface area contributed by atoms with E-state index in [2.05, 4.69) is 5.32 Å². The van der Waals surface area contributed by atoms with Gasteiger partial charge in [0.2, 0.25) is 11.8 Å². The number of hydrogen-bond acceptors (Lipinski definition) is 4. The molecular formula is C35H36Cl3N3O4S. The second-order valence-corrected chi connectivity index (χ2v) is 14.1. The second kappa shape index (κ2) is 15.8. The Morgan fingerprint density at radius 2 is 1.46 bits per heavy atom. The van der Waals surface area contributed by atoms with Crippen LogP contribution in [0.1, 0.15) is 37.0 Å². The fourth-order valence-electron chi connectivity index (χ4n) is 4.98. The van der Waals surface area contributed by atoms with Gasteiger partial charge in [0.05, 0.1) is 10.6 Å². The quantitative estimate of drug-likeness (QED) is 0.155. The maximum absolute atomic E-state index is 14.6. The van der Waals surface area contributed by atoms with Gasteiger partial charge in [0.25, 0.3) is 10.0 Å². The summed E-state index contributed by atoms with van der Waals surface area (Å²) < 4.78 is 29.4. The summed E-state index contributed by atoms with van der Waals surface area (Å²) in [6.07, 6.45) is 0.843. The summed E-state index contributed by atoms with van der Waals surface area (Å²) in [7, 11) is -4.24. The SMILES string of the molecule is CCC(C)NC(=O)C(Cc1ccccc1)N(Cc1c(Cl)cccc1Cl)C(=O)CN(c1ccc(Cl)cc1C)S(=O)(=O)c1ccccc1. The summed E-state index contributed by atoms with van der Waals surface area (Å²) in [6, 6.07) is 25.8. The first kappa shape index (κ1) is 35.3. The Hall–Kier alpha value is -3.56. The van der Waals surface area contributed by atoms with Crippen molar-refractivity contribution in [3.63, 3.8) is 0 Å². The molecule has 0 aliphatic rings. The molecule has 0 radical (unpaired) electrons. The van der Waals surface area contributed by atoms with Crippen molar-refractivity contribution in [3.8, 4) is 0 Å². The first-order valence-corrected chi connectivity index (χ1v) is 17.4. The normalized spacial score (nSPS) is 12.7. The Kier molecular flexibility index (Phi) is 12.1. The van der Waals surface area contributed by atoms with Crippen LogP contribution in [0.2, 0.25) is 15.1 Å². The van der Waals surface area contributed by atoms with Crippen molar-refractivity contribution in [1.82, 2.24) is 10.2 Å². The number of benzene rings is 4. The van der Waals surface area contributed by atoms with Crippen LogP contribution < -0.4 is 9.62 Å². The second-order valence-electron chi connectivity index (χ2n) is 11.0. The predicted molar refractivity (Wildman–Crippen MR) is 186 cm³/mol. The van der Waals surface area contributed by atoms with E-state index in [-0.39, 0.29) is 35.5 Å². The lowest BCUT2D eigenvalue weighted by molar-refractivity contribution is -0.140. The van der Waals surface area contributed by atoms with Gasteiger partial charge in [-0.25, -0.2) is 8.42 Å². The molecule has 46 heavy (non-hydrogen) atoms. The molecule has 0 saturated carbocycles. The summed E-state index contributed by atoms with van der Waals surface area (Å²) in [5, 5.41) is 4.06. The van der Waals surface area contributed by atoms with Crippen molar-refractivity contribution in [2.75, 3.05) is 10.8 Å². The van der Waals surface area contributed by atoms with Crippen molar-refractivity contribution in [2.24, 2.45) is 0 Å². The number of halogens is 3. The molecule has 11 heteroatoms. The highest BCUT2D eigenvalue weighted by molar-refractivity contribution is 7.92. The van der Waals surface area contributed by atoms with Crippen molar-refractivity contribution >= 4 is 62.3 Å². The Bertz CT molecular complexity index is 1750. The Balaban J connectivity index is 1.86. The van der Waals surface area contributed by atoms with Gasteiger partial charge in [-0.05, 0) is 73.9 Å². The lowest BCUT2D eigenvalue weighted by Crippen LogP contribution is -2.54. The highest BCUT2D eigenvalue weighted by atomic mass is 35.5.